The van der Waals surface area contributed by atoms with Gasteiger partial charge < -0.3 is 14.4 Å². The van der Waals surface area contributed by atoms with E-state index in [1.165, 1.54) is 27.8 Å². The van der Waals surface area contributed by atoms with Gasteiger partial charge in [-0.3, -0.25) is 4.79 Å². The second-order valence-electron chi connectivity index (χ2n) is 6.29. The Morgan fingerprint density at radius 2 is 1.89 bits per heavy atom. The van der Waals surface area contributed by atoms with Crippen LogP contribution in [-0.4, -0.2) is 74.0 Å². The number of ether oxygens (including phenoxy) is 2. The molecule has 2 aromatic rings. The number of morpholine rings is 1. The van der Waals surface area contributed by atoms with Crippen LogP contribution in [0.5, 0.6) is 5.19 Å². The number of amides is 1. The summed E-state index contributed by atoms with van der Waals surface area (Å²) in [7, 11) is -3.55. The zero-order chi connectivity index (χ0) is 18.9. The predicted molar refractivity (Wildman–Crippen MR) is 98.5 cm³/mol. The van der Waals surface area contributed by atoms with E-state index in [2.05, 4.69) is 4.98 Å². The zero-order valence-electron chi connectivity index (χ0n) is 14.5. The Labute approximate surface area is 161 Å². The van der Waals surface area contributed by atoms with Crippen molar-refractivity contribution in [1.82, 2.24) is 14.2 Å². The van der Waals surface area contributed by atoms with Crippen molar-refractivity contribution in [3.8, 4) is 5.19 Å². The first kappa shape index (κ1) is 18.4. The maximum absolute atomic E-state index is 12.6. The van der Waals surface area contributed by atoms with Crippen LogP contribution in [0.15, 0.2) is 40.7 Å². The third kappa shape index (κ3) is 3.84. The summed E-state index contributed by atoms with van der Waals surface area (Å²) in [5.74, 6) is -0.135. The molecule has 2 aliphatic rings. The molecule has 10 heteroatoms. The highest BCUT2D eigenvalue weighted by atomic mass is 32.2. The topological polar surface area (TPSA) is 89.0 Å². The van der Waals surface area contributed by atoms with Crippen LogP contribution in [0.1, 0.15) is 10.4 Å². The maximum Gasteiger partial charge on any atom is 0.273 e. The number of hydrogen-bond acceptors (Lipinski definition) is 7. The zero-order valence-corrected chi connectivity index (χ0v) is 16.1. The molecule has 0 N–H and O–H groups in total. The van der Waals surface area contributed by atoms with Crippen LogP contribution in [0.4, 0.5) is 0 Å². The summed E-state index contributed by atoms with van der Waals surface area (Å²) in [4.78, 5) is 18.4. The van der Waals surface area contributed by atoms with Gasteiger partial charge in [0.2, 0.25) is 10.0 Å². The van der Waals surface area contributed by atoms with E-state index in [1.807, 2.05) is 5.38 Å². The van der Waals surface area contributed by atoms with Gasteiger partial charge in [-0.25, -0.2) is 13.4 Å². The van der Waals surface area contributed by atoms with Crippen LogP contribution in [-0.2, 0) is 14.8 Å². The van der Waals surface area contributed by atoms with Gasteiger partial charge in [0.25, 0.3) is 11.1 Å². The summed E-state index contributed by atoms with van der Waals surface area (Å²) < 4.78 is 37.5. The smallest absolute Gasteiger partial charge is 0.273 e. The van der Waals surface area contributed by atoms with Crippen LogP contribution in [0.2, 0.25) is 0 Å². The van der Waals surface area contributed by atoms with Crippen molar-refractivity contribution < 1.29 is 22.7 Å². The largest absolute Gasteiger partial charge is 0.463 e. The average molecular weight is 409 g/mol. The van der Waals surface area contributed by atoms with Crippen molar-refractivity contribution in [2.45, 2.75) is 11.0 Å². The highest BCUT2D eigenvalue weighted by molar-refractivity contribution is 7.89. The van der Waals surface area contributed by atoms with Crippen LogP contribution in [0.3, 0.4) is 0 Å². The number of hydrogen-bond donors (Lipinski definition) is 0. The summed E-state index contributed by atoms with van der Waals surface area (Å²) in [5, 5.41) is 2.44. The van der Waals surface area contributed by atoms with Gasteiger partial charge in [0.05, 0.1) is 31.2 Å². The van der Waals surface area contributed by atoms with Crippen molar-refractivity contribution in [3.63, 3.8) is 0 Å². The summed E-state index contributed by atoms with van der Waals surface area (Å²) >= 11 is 1.42. The van der Waals surface area contributed by atoms with Crippen molar-refractivity contribution in [2.75, 3.05) is 39.4 Å². The number of sulfonamides is 1. The normalized spacial score (nSPS) is 18.9. The Morgan fingerprint density at radius 3 is 2.52 bits per heavy atom. The van der Waals surface area contributed by atoms with E-state index in [0.29, 0.717) is 50.1 Å². The third-order valence-corrected chi connectivity index (χ3v) is 7.10. The Kier molecular flexibility index (Phi) is 5.13. The number of benzene rings is 1. The van der Waals surface area contributed by atoms with Crippen LogP contribution in [0.25, 0.3) is 0 Å². The van der Waals surface area contributed by atoms with Crippen molar-refractivity contribution in [2.24, 2.45) is 0 Å². The molecule has 2 saturated heterocycles. The number of carbonyl (C=O) groups is 1. The van der Waals surface area contributed by atoms with Crippen molar-refractivity contribution >= 4 is 27.3 Å². The number of likely N-dealkylation sites (tertiary alicyclic amines) is 1. The number of aromatic nitrogens is 1. The summed E-state index contributed by atoms with van der Waals surface area (Å²) in [6, 6.07) is 6.10. The van der Waals surface area contributed by atoms with Gasteiger partial charge in [0.15, 0.2) is 0 Å². The molecule has 1 aromatic heterocycles. The molecule has 0 aliphatic carbocycles. The minimum atomic E-state index is -3.55. The SMILES string of the molecule is O=C(c1ccc(S(=O)(=O)N2CCOCC2)cc1)N1CC(Oc2nccs2)C1. The lowest BCUT2D eigenvalue weighted by atomic mass is 10.1. The number of rotatable bonds is 5. The molecular formula is C17H19N3O5S2. The molecule has 2 aliphatic heterocycles. The molecule has 0 spiro atoms. The summed E-state index contributed by atoms with van der Waals surface area (Å²) in [6.45, 7) is 2.47. The van der Waals surface area contributed by atoms with E-state index < -0.39 is 10.0 Å². The van der Waals surface area contributed by atoms with Crippen LogP contribution in [0, 0.1) is 0 Å². The molecule has 144 valence electrons. The van der Waals surface area contributed by atoms with Gasteiger partial charge in [-0.1, -0.05) is 11.3 Å². The van der Waals surface area contributed by atoms with E-state index in [1.54, 1.807) is 23.2 Å². The molecule has 0 unspecified atom stereocenters. The van der Waals surface area contributed by atoms with Crippen molar-refractivity contribution in [1.29, 1.82) is 0 Å². The van der Waals surface area contributed by atoms with Gasteiger partial charge >= 0.3 is 0 Å². The molecular weight excluding hydrogens is 390 g/mol. The molecule has 8 nitrogen and oxygen atoms in total. The van der Waals surface area contributed by atoms with Gasteiger partial charge in [-0.05, 0) is 24.3 Å². The van der Waals surface area contributed by atoms with E-state index in [9.17, 15) is 13.2 Å². The fourth-order valence-corrected chi connectivity index (χ4v) is 4.94. The highest BCUT2D eigenvalue weighted by Gasteiger charge is 2.33. The molecule has 0 atom stereocenters. The maximum atomic E-state index is 12.6. The average Bonchev–Trinajstić information content (AvgIpc) is 3.18. The molecule has 3 heterocycles. The monoisotopic (exact) mass is 409 g/mol. The molecule has 0 radical (unpaired) electrons. The Morgan fingerprint density at radius 1 is 1.19 bits per heavy atom. The van der Waals surface area contributed by atoms with Crippen molar-refractivity contribution in [3.05, 3.63) is 41.4 Å². The van der Waals surface area contributed by atoms with E-state index in [0.717, 1.165) is 0 Å². The molecule has 2 fully saturated rings. The van der Waals surface area contributed by atoms with Gasteiger partial charge in [0, 0.05) is 30.2 Å². The summed E-state index contributed by atoms with van der Waals surface area (Å²) in [5.41, 5.74) is 0.462. The lowest BCUT2D eigenvalue weighted by Crippen LogP contribution is -2.56. The predicted octanol–water partition coefficient (Wildman–Crippen LogP) is 1.07. The standard InChI is InChI=1S/C17H19N3O5S2/c21-16(19-11-14(12-19)25-17-18-5-10-26-17)13-1-3-15(4-2-13)27(22,23)20-6-8-24-9-7-20/h1-5,10,14H,6-9,11-12H2. The van der Waals surface area contributed by atoms with Crippen LogP contribution < -0.4 is 4.74 Å². The highest BCUT2D eigenvalue weighted by Crippen LogP contribution is 2.23. The van der Waals surface area contributed by atoms with Crippen LogP contribution >= 0.6 is 11.3 Å². The molecule has 1 aromatic carbocycles. The second-order valence-corrected chi connectivity index (χ2v) is 9.08. The van der Waals surface area contributed by atoms with E-state index >= 15 is 0 Å². The van der Waals surface area contributed by atoms with Gasteiger partial charge in [0.1, 0.15) is 6.10 Å². The first-order valence-electron chi connectivity index (χ1n) is 8.57. The molecule has 27 heavy (non-hydrogen) atoms. The fraction of sp³-hybridized carbons (Fsp3) is 0.412. The Hall–Kier alpha value is -2.01. The number of thiazole rings is 1. The lowest BCUT2D eigenvalue weighted by molar-refractivity contribution is 0.0177. The van der Waals surface area contributed by atoms with Gasteiger partial charge in [-0.2, -0.15) is 4.31 Å². The van der Waals surface area contributed by atoms with E-state index in [-0.39, 0.29) is 16.9 Å². The second kappa shape index (κ2) is 7.55. The fourth-order valence-electron chi connectivity index (χ4n) is 2.98. The van der Waals surface area contributed by atoms with Gasteiger partial charge in [-0.15, -0.1) is 0 Å². The molecule has 0 bridgehead atoms. The number of carbonyl (C=O) groups excluding carboxylic acids is 1. The molecule has 0 saturated carbocycles. The Balaban J connectivity index is 1.37. The quantitative estimate of drug-likeness (QED) is 0.734. The molecule has 4 rings (SSSR count). The summed E-state index contributed by atoms with van der Waals surface area (Å²) in [6.07, 6.45) is 1.62. The minimum Gasteiger partial charge on any atom is -0.463 e. The van der Waals surface area contributed by atoms with E-state index in [4.69, 9.17) is 9.47 Å². The third-order valence-electron chi connectivity index (χ3n) is 4.52. The first-order chi connectivity index (χ1) is 13.0. The molecule has 1 amide bonds. The Bertz CT molecular complexity index is 887. The lowest BCUT2D eigenvalue weighted by Gasteiger charge is -2.38. The minimum absolute atomic E-state index is 0.0546. The number of nitrogens with zero attached hydrogens (tertiary/aromatic N) is 3. The first-order valence-corrected chi connectivity index (χ1v) is 10.9.